The number of H-pyrrole nitrogens is 1. The van der Waals surface area contributed by atoms with E-state index in [1.165, 1.54) is 31.1 Å². The number of anilines is 2. The number of aliphatic hydroxyl groups excluding tert-OH is 1. The summed E-state index contributed by atoms with van der Waals surface area (Å²) in [7, 11) is -6.09. The number of aromatic nitrogens is 8. The fourth-order valence-corrected chi connectivity index (χ4v) is 8.15. The highest BCUT2D eigenvalue weighted by Gasteiger charge is 2.65. The number of aromatic amines is 1. The van der Waals surface area contributed by atoms with Crippen molar-refractivity contribution in [2.24, 2.45) is 0 Å². The summed E-state index contributed by atoms with van der Waals surface area (Å²) in [6, 6.07) is 0. The van der Waals surface area contributed by atoms with Crippen LogP contribution in [0.3, 0.4) is 0 Å². The molecule has 4 aromatic heterocycles. The number of ether oxygens (including phenoxy) is 3. The summed E-state index contributed by atoms with van der Waals surface area (Å²) < 4.78 is 71.5. The summed E-state index contributed by atoms with van der Waals surface area (Å²) in [6.07, 6.45) is -3.92. The first-order chi connectivity index (χ1) is 21.5. The average molecular weight is 666 g/mol. The van der Waals surface area contributed by atoms with E-state index in [2.05, 4.69) is 29.9 Å². The first kappa shape index (κ1) is 29.1. The van der Waals surface area contributed by atoms with E-state index in [1.54, 1.807) is 4.57 Å². The maximum absolute atomic E-state index is 13.8. The largest absolute Gasteiger partial charge is 0.387 e. The lowest BCUT2D eigenvalue weighted by atomic mass is 10.0. The Morgan fingerprint density at radius 3 is 2.69 bits per heavy atom. The zero-order chi connectivity index (χ0) is 31.2. The highest BCUT2D eigenvalue weighted by molar-refractivity contribution is 7.79. The minimum Gasteiger partial charge on any atom is -0.387 e. The molecule has 4 saturated heterocycles. The Kier molecular flexibility index (Phi) is 6.71. The SMILES string of the molecule is BP1(=O)OCC23COC(C(n4cnc5c(N)ncnc54)O2)C3O[PH](=O)OCC2OC(n3cnc4c(=O)[nH]c(N)nc43)C(O1)C2O. The molecule has 4 fully saturated rings. The number of fused-ring (bicyclic) bond motifs is 4. The molecule has 8 rings (SSSR count). The lowest BCUT2D eigenvalue weighted by molar-refractivity contribution is -0.182. The Bertz CT molecular complexity index is 1960. The molecule has 4 aliphatic rings. The number of rotatable bonds is 2. The van der Waals surface area contributed by atoms with Gasteiger partial charge in [-0.15, -0.1) is 0 Å². The zero-order valence-electron chi connectivity index (χ0n) is 23.2. The van der Waals surface area contributed by atoms with E-state index in [4.69, 9.17) is 43.8 Å². The molecule has 238 valence electrons. The number of hydrogen-bond acceptors (Lipinski definition) is 18. The van der Waals surface area contributed by atoms with Crippen molar-refractivity contribution < 1.29 is 46.5 Å². The van der Waals surface area contributed by atoms with Crippen LogP contribution in [0, 0.1) is 0 Å². The van der Waals surface area contributed by atoms with Gasteiger partial charge in [-0.3, -0.25) is 28.0 Å². The fourth-order valence-electron chi connectivity index (χ4n) is 6.04. The molecule has 4 bridgehead atoms. The summed E-state index contributed by atoms with van der Waals surface area (Å²) in [4.78, 5) is 35.4. The van der Waals surface area contributed by atoms with Gasteiger partial charge < -0.3 is 48.9 Å². The molecule has 0 aliphatic carbocycles. The number of imidazole rings is 2. The van der Waals surface area contributed by atoms with Crippen LogP contribution in [0.5, 0.6) is 0 Å². The van der Waals surface area contributed by atoms with Gasteiger partial charge in [-0.25, -0.2) is 19.9 Å². The van der Waals surface area contributed by atoms with Gasteiger partial charge in [0.1, 0.15) is 48.0 Å². The van der Waals surface area contributed by atoms with Crippen molar-refractivity contribution in [3.8, 4) is 0 Å². The fraction of sp³-hybridized carbons (Fsp3) is 0.524. The van der Waals surface area contributed by atoms with E-state index in [9.17, 15) is 19.0 Å². The van der Waals surface area contributed by atoms with Crippen LogP contribution in [0.15, 0.2) is 23.8 Å². The molecule has 6 N–H and O–H groups in total. The molecular weight excluding hydrogens is 641 g/mol. The molecule has 0 radical (unpaired) electrons. The average Bonchev–Trinajstić information content (AvgIpc) is 3.80. The van der Waals surface area contributed by atoms with Gasteiger partial charge in [-0.05, 0) is 0 Å². The molecule has 0 spiro atoms. The number of nitrogens with zero attached hydrogens (tertiary/aromatic N) is 7. The summed E-state index contributed by atoms with van der Waals surface area (Å²) >= 11 is 0. The quantitative estimate of drug-likeness (QED) is 0.133. The minimum absolute atomic E-state index is 0.0221. The zero-order valence-corrected chi connectivity index (χ0v) is 25.1. The van der Waals surface area contributed by atoms with E-state index in [0.29, 0.717) is 11.2 Å². The monoisotopic (exact) mass is 666 g/mol. The standard InChI is InChI=1S/C21H25BN10O11P2/c22-45(36)39-3-21-2-37-12(19(41-21)31-5-27-8-14(23)25-4-26-15(8)31)13(21)42-44(35)38-1-7-10(33)11(43-45)18(40-7)32-6-28-9-16(32)29-20(24)30-17(9)34/h4-7,10-13,18-19,33,44H,1-3,22H2,(H2,23,25,26)(H3,24,29,30,34). The lowest BCUT2D eigenvalue weighted by Crippen LogP contribution is -2.45. The van der Waals surface area contributed by atoms with Crippen LogP contribution in [0.1, 0.15) is 12.5 Å². The second-order valence-corrected chi connectivity index (χ2v) is 14.0. The molecule has 45 heavy (non-hydrogen) atoms. The molecule has 0 amide bonds. The topological polar surface area (TPSA) is 278 Å². The van der Waals surface area contributed by atoms with E-state index in [1.807, 2.05) is 0 Å². The minimum atomic E-state index is -4.03. The number of nitrogens with one attached hydrogen (secondary N) is 1. The van der Waals surface area contributed by atoms with Gasteiger partial charge in [0.25, 0.3) is 20.6 Å². The molecule has 0 aromatic carbocycles. The van der Waals surface area contributed by atoms with E-state index in [-0.39, 0.29) is 29.5 Å². The Labute approximate surface area is 252 Å². The Balaban J connectivity index is 1.12. The second-order valence-electron chi connectivity index (χ2n) is 11.0. The van der Waals surface area contributed by atoms with Gasteiger partial charge in [0.15, 0.2) is 35.1 Å². The van der Waals surface area contributed by atoms with Gasteiger partial charge in [-0.2, -0.15) is 4.98 Å². The molecule has 24 heteroatoms. The van der Waals surface area contributed by atoms with Crippen LogP contribution >= 0.6 is 15.7 Å². The van der Waals surface area contributed by atoms with E-state index < -0.39 is 83.1 Å². The Morgan fingerprint density at radius 2 is 1.87 bits per heavy atom. The maximum Gasteiger partial charge on any atom is 0.319 e. The molecule has 10 atom stereocenters. The van der Waals surface area contributed by atoms with Crippen molar-refractivity contribution in [3.05, 3.63) is 29.3 Å². The molecule has 4 aromatic rings. The second kappa shape index (κ2) is 10.4. The third-order valence-corrected chi connectivity index (χ3v) is 10.2. The molecule has 21 nitrogen and oxygen atoms in total. The molecule has 8 heterocycles. The lowest BCUT2D eigenvalue weighted by Gasteiger charge is -2.33. The van der Waals surface area contributed by atoms with Crippen LogP contribution in [-0.2, 0) is 41.4 Å². The van der Waals surface area contributed by atoms with Crippen molar-refractivity contribution in [1.82, 2.24) is 39.0 Å². The summed E-state index contributed by atoms with van der Waals surface area (Å²) in [5, 5.41) is 11.2. The van der Waals surface area contributed by atoms with E-state index in [0.717, 1.165) is 0 Å². The predicted molar refractivity (Wildman–Crippen MR) is 152 cm³/mol. The normalized spacial score (nSPS) is 38.6. The maximum atomic E-state index is 13.8. The van der Waals surface area contributed by atoms with Crippen molar-refractivity contribution in [1.29, 1.82) is 0 Å². The number of nitrogens with two attached hydrogens (primary N) is 2. The van der Waals surface area contributed by atoms with Crippen LogP contribution in [0.4, 0.5) is 11.8 Å². The van der Waals surface area contributed by atoms with Crippen LogP contribution in [-0.4, -0.2) is 108 Å². The third kappa shape index (κ3) is 4.63. The van der Waals surface area contributed by atoms with Crippen molar-refractivity contribution in [3.63, 3.8) is 0 Å². The first-order valence-electron chi connectivity index (χ1n) is 13.6. The highest BCUT2D eigenvalue weighted by Crippen LogP contribution is 2.55. The first-order valence-corrected chi connectivity index (χ1v) is 16.8. The van der Waals surface area contributed by atoms with Crippen molar-refractivity contribution in [2.45, 2.75) is 48.6 Å². The summed E-state index contributed by atoms with van der Waals surface area (Å²) in [5.74, 6) is -0.0226. The molecule has 0 saturated carbocycles. The third-order valence-electron chi connectivity index (χ3n) is 8.12. The van der Waals surface area contributed by atoms with Gasteiger partial charge in [0, 0.05) is 0 Å². The van der Waals surface area contributed by atoms with E-state index >= 15 is 0 Å². The number of nitrogen functional groups attached to an aromatic ring is 2. The Morgan fingerprint density at radius 1 is 1.09 bits per heavy atom. The predicted octanol–water partition coefficient (Wildman–Crippen LogP) is -2.00. The van der Waals surface area contributed by atoms with Gasteiger partial charge in [0.2, 0.25) is 5.95 Å². The smallest absolute Gasteiger partial charge is 0.319 e. The highest BCUT2D eigenvalue weighted by atomic mass is 31.2. The summed E-state index contributed by atoms with van der Waals surface area (Å²) in [6.45, 7) is -0.873. The van der Waals surface area contributed by atoms with Gasteiger partial charge in [-0.1, -0.05) is 0 Å². The van der Waals surface area contributed by atoms with Gasteiger partial charge in [0.05, 0.1) is 32.5 Å². The number of aliphatic hydroxyl groups is 1. The van der Waals surface area contributed by atoms with Crippen LogP contribution in [0.25, 0.3) is 22.3 Å². The van der Waals surface area contributed by atoms with Crippen LogP contribution in [0.2, 0.25) is 0 Å². The Hall–Kier alpha value is -3.30. The number of hydrogen-bond donors (Lipinski definition) is 4. The molecular formula is C21H25BN10O11P2. The van der Waals surface area contributed by atoms with Crippen molar-refractivity contribution >= 4 is 57.4 Å². The molecule has 10 unspecified atom stereocenters. The van der Waals surface area contributed by atoms with Gasteiger partial charge >= 0.3 is 8.25 Å². The summed E-state index contributed by atoms with van der Waals surface area (Å²) in [5.41, 5.74) is 10.3. The van der Waals surface area contributed by atoms with Crippen LogP contribution < -0.4 is 17.0 Å². The van der Waals surface area contributed by atoms with Crippen molar-refractivity contribution in [2.75, 3.05) is 31.3 Å². The molecule has 4 aliphatic heterocycles.